The van der Waals surface area contributed by atoms with E-state index in [-0.39, 0.29) is 5.91 Å². The molecule has 25 heavy (non-hydrogen) atoms. The number of anilines is 1. The summed E-state index contributed by atoms with van der Waals surface area (Å²) in [5.74, 6) is 0.163. The number of rotatable bonds is 5. The van der Waals surface area contributed by atoms with Gasteiger partial charge >= 0.3 is 0 Å². The van der Waals surface area contributed by atoms with Gasteiger partial charge in [0.2, 0.25) is 0 Å². The molecule has 0 spiro atoms. The van der Waals surface area contributed by atoms with E-state index in [1.165, 1.54) is 11.3 Å². The van der Waals surface area contributed by atoms with Crippen molar-refractivity contribution in [3.63, 3.8) is 0 Å². The lowest BCUT2D eigenvalue weighted by molar-refractivity contribution is 0.0745. The van der Waals surface area contributed by atoms with Crippen LogP contribution in [0.15, 0.2) is 48.5 Å². The molecule has 132 valence electrons. The van der Waals surface area contributed by atoms with E-state index in [0.717, 1.165) is 50.3 Å². The zero-order chi connectivity index (χ0) is 17.6. The van der Waals surface area contributed by atoms with Crippen LogP contribution in [0.25, 0.3) is 0 Å². The van der Waals surface area contributed by atoms with Crippen molar-refractivity contribution in [2.75, 3.05) is 44.7 Å². The molecule has 1 saturated heterocycles. The van der Waals surface area contributed by atoms with Gasteiger partial charge < -0.3 is 15.1 Å². The van der Waals surface area contributed by atoms with E-state index >= 15 is 0 Å². The average Bonchev–Trinajstić information content (AvgIpc) is 2.66. The number of piperazine rings is 1. The van der Waals surface area contributed by atoms with Crippen LogP contribution >= 0.6 is 0 Å². The molecular weight excluding hydrogens is 310 g/mol. The van der Waals surface area contributed by atoms with Crippen LogP contribution in [-0.2, 0) is 6.42 Å². The molecule has 2 aromatic carbocycles. The fraction of sp³-hybridized carbons (Fsp3) is 0.381. The van der Waals surface area contributed by atoms with E-state index in [4.69, 9.17) is 0 Å². The Balaban J connectivity index is 1.66. The van der Waals surface area contributed by atoms with Gasteiger partial charge in [-0.15, -0.1) is 0 Å². The number of nitrogens with zero attached hydrogens (tertiary/aromatic N) is 2. The SMILES string of the molecule is CNCCc1ccccc1C(=O)N1CCN(c2cccc(C)c2)CC1. The average molecular weight is 337 g/mol. The molecule has 0 bridgehead atoms. The summed E-state index contributed by atoms with van der Waals surface area (Å²) in [6.07, 6.45) is 0.877. The lowest BCUT2D eigenvalue weighted by atomic mass is 10.0. The smallest absolute Gasteiger partial charge is 0.254 e. The van der Waals surface area contributed by atoms with Crippen molar-refractivity contribution in [2.45, 2.75) is 13.3 Å². The van der Waals surface area contributed by atoms with Crippen LogP contribution in [-0.4, -0.2) is 50.6 Å². The number of carbonyl (C=O) groups is 1. The topological polar surface area (TPSA) is 35.6 Å². The minimum atomic E-state index is 0.163. The zero-order valence-corrected chi connectivity index (χ0v) is 15.2. The minimum Gasteiger partial charge on any atom is -0.368 e. The first-order chi connectivity index (χ1) is 12.2. The van der Waals surface area contributed by atoms with E-state index in [1.807, 2.05) is 30.1 Å². The second-order valence-corrected chi connectivity index (χ2v) is 6.63. The summed E-state index contributed by atoms with van der Waals surface area (Å²) in [6.45, 7) is 6.30. The standard InChI is InChI=1S/C21H27N3O/c1-17-6-5-8-19(16-17)23-12-14-24(15-13-23)21(25)20-9-4-3-7-18(20)10-11-22-2/h3-9,16,22H,10-15H2,1-2H3. The molecule has 2 aromatic rings. The van der Waals surface area contributed by atoms with Crippen LogP contribution in [0.5, 0.6) is 0 Å². The lowest BCUT2D eigenvalue weighted by Gasteiger charge is -2.36. The monoisotopic (exact) mass is 337 g/mol. The maximum absolute atomic E-state index is 13.0. The minimum absolute atomic E-state index is 0.163. The maximum Gasteiger partial charge on any atom is 0.254 e. The van der Waals surface area contributed by atoms with Gasteiger partial charge in [0.15, 0.2) is 0 Å². The normalized spacial score (nSPS) is 14.6. The number of amides is 1. The molecule has 0 radical (unpaired) electrons. The summed E-state index contributed by atoms with van der Waals surface area (Å²) in [7, 11) is 1.94. The first-order valence-corrected chi connectivity index (χ1v) is 9.02. The predicted molar refractivity (Wildman–Crippen MR) is 103 cm³/mol. The van der Waals surface area contributed by atoms with Gasteiger partial charge in [0.05, 0.1) is 0 Å². The molecule has 4 heteroatoms. The quantitative estimate of drug-likeness (QED) is 0.911. The molecule has 4 nitrogen and oxygen atoms in total. The highest BCUT2D eigenvalue weighted by molar-refractivity contribution is 5.95. The van der Waals surface area contributed by atoms with E-state index in [2.05, 4.69) is 47.5 Å². The van der Waals surface area contributed by atoms with Crippen LogP contribution in [0.3, 0.4) is 0 Å². The van der Waals surface area contributed by atoms with Gasteiger partial charge in [-0.25, -0.2) is 0 Å². The van der Waals surface area contributed by atoms with Gasteiger partial charge in [0.1, 0.15) is 0 Å². The highest BCUT2D eigenvalue weighted by atomic mass is 16.2. The molecular formula is C21H27N3O. The van der Waals surface area contributed by atoms with Crippen molar-refractivity contribution in [1.29, 1.82) is 0 Å². The molecule has 0 saturated carbocycles. The lowest BCUT2D eigenvalue weighted by Crippen LogP contribution is -2.49. The molecule has 0 aromatic heterocycles. The van der Waals surface area contributed by atoms with Crippen molar-refractivity contribution in [2.24, 2.45) is 0 Å². The molecule has 0 atom stereocenters. The third-order valence-corrected chi connectivity index (χ3v) is 4.83. The molecule has 0 unspecified atom stereocenters. The van der Waals surface area contributed by atoms with Gasteiger partial charge in [0, 0.05) is 37.4 Å². The van der Waals surface area contributed by atoms with E-state index in [0.29, 0.717) is 0 Å². The van der Waals surface area contributed by atoms with E-state index in [1.54, 1.807) is 0 Å². The van der Waals surface area contributed by atoms with Crippen LogP contribution in [0, 0.1) is 6.92 Å². The number of nitrogens with one attached hydrogen (secondary N) is 1. The number of hydrogen-bond donors (Lipinski definition) is 1. The van der Waals surface area contributed by atoms with Crippen molar-refractivity contribution in [3.8, 4) is 0 Å². The number of benzene rings is 2. The number of aryl methyl sites for hydroxylation is 1. The van der Waals surface area contributed by atoms with E-state index in [9.17, 15) is 4.79 Å². The van der Waals surface area contributed by atoms with Crippen LogP contribution < -0.4 is 10.2 Å². The van der Waals surface area contributed by atoms with Gasteiger partial charge in [-0.3, -0.25) is 4.79 Å². The summed E-state index contributed by atoms with van der Waals surface area (Å²) in [4.78, 5) is 17.3. The molecule has 1 amide bonds. The third kappa shape index (κ3) is 4.20. The predicted octanol–water partition coefficient (Wildman–Crippen LogP) is 2.72. The van der Waals surface area contributed by atoms with Gasteiger partial charge in [-0.05, 0) is 56.3 Å². The van der Waals surface area contributed by atoms with Gasteiger partial charge in [0.25, 0.3) is 5.91 Å². The summed E-state index contributed by atoms with van der Waals surface area (Å²) in [5.41, 5.74) is 4.50. The van der Waals surface area contributed by atoms with Crippen molar-refractivity contribution in [3.05, 3.63) is 65.2 Å². The Bertz CT molecular complexity index is 721. The Kier molecular flexibility index (Phi) is 5.71. The summed E-state index contributed by atoms with van der Waals surface area (Å²) in [6, 6.07) is 16.6. The number of hydrogen-bond acceptors (Lipinski definition) is 3. The van der Waals surface area contributed by atoms with E-state index < -0.39 is 0 Å². The second-order valence-electron chi connectivity index (χ2n) is 6.63. The fourth-order valence-electron chi connectivity index (χ4n) is 3.37. The Morgan fingerprint density at radius 1 is 1.04 bits per heavy atom. The maximum atomic E-state index is 13.0. The molecule has 1 N–H and O–H groups in total. The second kappa shape index (κ2) is 8.17. The van der Waals surface area contributed by atoms with Crippen LogP contribution in [0.2, 0.25) is 0 Å². The largest absolute Gasteiger partial charge is 0.368 e. The van der Waals surface area contributed by atoms with Crippen LogP contribution in [0.4, 0.5) is 5.69 Å². The molecule has 1 aliphatic rings. The van der Waals surface area contributed by atoms with Gasteiger partial charge in [-0.2, -0.15) is 0 Å². The molecule has 3 rings (SSSR count). The third-order valence-electron chi connectivity index (χ3n) is 4.83. The first-order valence-electron chi connectivity index (χ1n) is 9.02. The molecule has 1 fully saturated rings. The Morgan fingerprint density at radius 2 is 1.80 bits per heavy atom. The van der Waals surface area contributed by atoms with Crippen molar-refractivity contribution < 1.29 is 4.79 Å². The fourth-order valence-corrected chi connectivity index (χ4v) is 3.37. The molecule has 1 heterocycles. The zero-order valence-electron chi connectivity index (χ0n) is 15.2. The van der Waals surface area contributed by atoms with Gasteiger partial charge in [-0.1, -0.05) is 30.3 Å². The summed E-state index contributed by atoms with van der Waals surface area (Å²) < 4.78 is 0. The van der Waals surface area contributed by atoms with Crippen LogP contribution in [0.1, 0.15) is 21.5 Å². The molecule has 0 aliphatic carbocycles. The Labute approximate surface area is 150 Å². The Morgan fingerprint density at radius 3 is 2.52 bits per heavy atom. The number of likely N-dealkylation sites (N-methyl/N-ethyl adjacent to an activating group) is 1. The van der Waals surface area contributed by atoms with Crippen molar-refractivity contribution in [1.82, 2.24) is 10.2 Å². The Hall–Kier alpha value is -2.33. The first kappa shape index (κ1) is 17.5. The van der Waals surface area contributed by atoms with Crippen molar-refractivity contribution >= 4 is 11.6 Å². The molecule has 1 aliphatic heterocycles. The highest BCUT2D eigenvalue weighted by Gasteiger charge is 2.23. The highest BCUT2D eigenvalue weighted by Crippen LogP contribution is 2.19. The summed E-state index contributed by atoms with van der Waals surface area (Å²) in [5, 5.41) is 3.16. The number of carbonyl (C=O) groups excluding carboxylic acids is 1. The summed E-state index contributed by atoms with van der Waals surface area (Å²) >= 11 is 0.